The number of ether oxygens (including phenoxy) is 1. The van der Waals surface area contributed by atoms with E-state index in [-0.39, 0.29) is 19.1 Å². The molecule has 3 N–H and O–H groups in total. The molecular formula is C16H17ClN2O3. The summed E-state index contributed by atoms with van der Waals surface area (Å²) in [6.45, 7) is -0.0358. The minimum atomic E-state index is -0.227. The average Bonchev–Trinajstić information content (AvgIpc) is 2.54. The van der Waals surface area contributed by atoms with E-state index in [0.29, 0.717) is 22.1 Å². The topological polar surface area (TPSA) is 70.6 Å². The van der Waals surface area contributed by atoms with Gasteiger partial charge < -0.3 is 20.5 Å². The molecule has 0 bridgehead atoms. The highest BCUT2D eigenvalue weighted by molar-refractivity contribution is 6.33. The summed E-state index contributed by atoms with van der Waals surface area (Å²) in [6.07, 6.45) is 0. The second-order valence-corrected chi connectivity index (χ2v) is 4.98. The smallest absolute Gasteiger partial charge is 0.243 e. The van der Waals surface area contributed by atoms with Crippen LogP contribution in [0.3, 0.4) is 0 Å². The Labute approximate surface area is 133 Å². The minimum absolute atomic E-state index is 0.0483. The number of para-hydroxylation sites is 2. The Morgan fingerprint density at radius 2 is 2.00 bits per heavy atom. The van der Waals surface area contributed by atoms with Gasteiger partial charge in [-0.1, -0.05) is 29.8 Å². The first-order chi connectivity index (χ1) is 10.6. The van der Waals surface area contributed by atoms with Gasteiger partial charge in [0.05, 0.1) is 36.7 Å². The van der Waals surface area contributed by atoms with Crippen molar-refractivity contribution in [2.75, 3.05) is 24.3 Å². The van der Waals surface area contributed by atoms with Crippen molar-refractivity contribution < 1.29 is 14.6 Å². The third kappa shape index (κ3) is 4.13. The van der Waals surface area contributed by atoms with E-state index in [1.54, 1.807) is 37.4 Å². The molecule has 0 atom stereocenters. The Morgan fingerprint density at radius 1 is 1.23 bits per heavy atom. The minimum Gasteiger partial charge on any atom is -0.495 e. The molecule has 1 amide bonds. The van der Waals surface area contributed by atoms with Crippen LogP contribution in [0.15, 0.2) is 42.5 Å². The van der Waals surface area contributed by atoms with Gasteiger partial charge in [0.25, 0.3) is 0 Å². The fourth-order valence-corrected chi connectivity index (χ4v) is 2.11. The van der Waals surface area contributed by atoms with Gasteiger partial charge in [-0.2, -0.15) is 0 Å². The van der Waals surface area contributed by atoms with Crippen molar-refractivity contribution >= 4 is 28.9 Å². The maximum absolute atomic E-state index is 12.0. The number of hydrogen-bond donors (Lipinski definition) is 3. The summed E-state index contributed by atoms with van der Waals surface area (Å²) in [5.74, 6) is 0.367. The van der Waals surface area contributed by atoms with E-state index in [9.17, 15) is 4.79 Å². The summed E-state index contributed by atoms with van der Waals surface area (Å²) >= 11 is 6.05. The lowest BCUT2D eigenvalue weighted by molar-refractivity contribution is -0.114. The van der Waals surface area contributed by atoms with Crippen molar-refractivity contribution in [3.63, 3.8) is 0 Å². The monoisotopic (exact) mass is 320 g/mol. The van der Waals surface area contributed by atoms with Crippen molar-refractivity contribution in [1.29, 1.82) is 0 Å². The highest BCUT2D eigenvalue weighted by atomic mass is 35.5. The van der Waals surface area contributed by atoms with Gasteiger partial charge in [-0.3, -0.25) is 4.79 Å². The predicted octanol–water partition coefficient (Wildman–Crippen LogP) is 2.89. The van der Waals surface area contributed by atoms with E-state index in [0.717, 1.165) is 5.56 Å². The van der Waals surface area contributed by atoms with Crippen LogP contribution in [0.5, 0.6) is 5.75 Å². The number of anilines is 2. The number of nitrogens with one attached hydrogen (secondary N) is 2. The molecule has 2 aromatic carbocycles. The van der Waals surface area contributed by atoms with Crippen LogP contribution >= 0.6 is 11.6 Å². The zero-order valence-electron chi connectivity index (χ0n) is 12.1. The molecule has 0 saturated heterocycles. The van der Waals surface area contributed by atoms with Crippen molar-refractivity contribution in [3.05, 3.63) is 53.1 Å². The fourth-order valence-electron chi connectivity index (χ4n) is 1.92. The van der Waals surface area contributed by atoms with Gasteiger partial charge in [-0.25, -0.2) is 0 Å². The van der Waals surface area contributed by atoms with Crippen LogP contribution in [0.2, 0.25) is 5.02 Å². The largest absolute Gasteiger partial charge is 0.495 e. The zero-order valence-corrected chi connectivity index (χ0v) is 12.9. The Bertz CT molecular complexity index is 662. The summed E-state index contributed by atoms with van der Waals surface area (Å²) in [5, 5.41) is 15.3. The van der Waals surface area contributed by atoms with Crippen LogP contribution in [0.1, 0.15) is 5.56 Å². The van der Waals surface area contributed by atoms with Crippen LogP contribution in [0, 0.1) is 0 Å². The predicted molar refractivity (Wildman–Crippen MR) is 87.5 cm³/mol. The van der Waals surface area contributed by atoms with E-state index in [4.69, 9.17) is 21.4 Å². The number of methoxy groups -OCH3 is 1. The van der Waals surface area contributed by atoms with Gasteiger partial charge in [0.15, 0.2) is 0 Å². The van der Waals surface area contributed by atoms with Gasteiger partial charge in [0.2, 0.25) is 5.91 Å². The molecule has 0 fully saturated rings. The quantitative estimate of drug-likeness (QED) is 0.765. The summed E-state index contributed by atoms with van der Waals surface area (Å²) in [7, 11) is 1.55. The lowest BCUT2D eigenvalue weighted by Gasteiger charge is -2.12. The molecular weight excluding hydrogens is 304 g/mol. The van der Waals surface area contributed by atoms with E-state index < -0.39 is 0 Å². The molecule has 0 aliphatic carbocycles. The molecule has 22 heavy (non-hydrogen) atoms. The second kappa shape index (κ2) is 7.68. The van der Waals surface area contributed by atoms with Gasteiger partial charge in [-0.15, -0.1) is 0 Å². The molecule has 0 heterocycles. The van der Waals surface area contributed by atoms with E-state index in [1.807, 2.05) is 12.1 Å². The van der Waals surface area contributed by atoms with Crippen molar-refractivity contribution in [3.8, 4) is 5.75 Å². The third-order valence-electron chi connectivity index (χ3n) is 3.03. The first-order valence-electron chi connectivity index (χ1n) is 6.70. The highest BCUT2D eigenvalue weighted by Crippen LogP contribution is 2.24. The Hall–Kier alpha value is -2.24. The van der Waals surface area contributed by atoms with E-state index in [2.05, 4.69) is 10.6 Å². The molecule has 0 saturated carbocycles. The summed E-state index contributed by atoms with van der Waals surface area (Å²) in [6, 6.07) is 12.3. The maximum atomic E-state index is 12.0. The number of aliphatic hydroxyl groups excluding tert-OH is 1. The molecule has 2 aromatic rings. The van der Waals surface area contributed by atoms with E-state index in [1.165, 1.54) is 0 Å². The van der Waals surface area contributed by atoms with Crippen LogP contribution in [-0.4, -0.2) is 24.7 Å². The number of hydrogen-bond acceptors (Lipinski definition) is 4. The van der Waals surface area contributed by atoms with Crippen molar-refractivity contribution in [1.82, 2.24) is 0 Å². The number of aliphatic hydroxyl groups is 1. The molecule has 0 spiro atoms. The van der Waals surface area contributed by atoms with Crippen LogP contribution in [0.25, 0.3) is 0 Å². The summed E-state index contributed by atoms with van der Waals surface area (Å²) < 4.78 is 5.17. The summed E-state index contributed by atoms with van der Waals surface area (Å²) in [5.41, 5.74) is 1.92. The standard InChI is InChI=1S/C16H17ClN2O3/c1-22-15-5-3-2-4-13(15)19-16(21)9-18-14-8-11(10-20)6-7-12(14)17/h2-8,18,20H,9-10H2,1H3,(H,19,21). The summed E-state index contributed by atoms with van der Waals surface area (Å²) in [4.78, 5) is 12.0. The molecule has 116 valence electrons. The van der Waals surface area contributed by atoms with Crippen LogP contribution in [-0.2, 0) is 11.4 Å². The Balaban J connectivity index is 1.98. The molecule has 0 unspecified atom stereocenters. The SMILES string of the molecule is COc1ccccc1NC(=O)CNc1cc(CO)ccc1Cl. The first-order valence-corrected chi connectivity index (χ1v) is 7.08. The molecule has 0 aliphatic rings. The highest BCUT2D eigenvalue weighted by Gasteiger charge is 2.08. The van der Waals surface area contributed by atoms with Crippen LogP contribution < -0.4 is 15.4 Å². The lowest BCUT2D eigenvalue weighted by Crippen LogP contribution is -2.22. The van der Waals surface area contributed by atoms with Crippen molar-refractivity contribution in [2.24, 2.45) is 0 Å². The molecule has 0 aliphatic heterocycles. The number of benzene rings is 2. The third-order valence-corrected chi connectivity index (χ3v) is 3.36. The molecule has 2 rings (SSSR count). The van der Waals surface area contributed by atoms with Crippen LogP contribution in [0.4, 0.5) is 11.4 Å². The average molecular weight is 321 g/mol. The second-order valence-electron chi connectivity index (χ2n) is 4.57. The van der Waals surface area contributed by atoms with E-state index >= 15 is 0 Å². The normalized spacial score (nSPS) is 10.1. The Kier molecular flexibility index (Phi) is 5.63. The fraction of sp³-hybridized carbons (Fsp3) is 0.188. The first kappa shape index (κ1) is 16.1. The lowest BCUT2D eigenvalue weighted by atomic mass is 10.2. The van der Waals surface area contributed by atoms with Crippen molar-refractivity contribution in [2.45, 2.75) is 6.61 Å². The molecule has 6 heteroatoms. The van der Waals surface area contributed by atoms with Gasteiger partial charge in [0.1, 0.15) is 5.75 Å². The number of halogens is 1. The molecule has 5 nitrogen and oxygen atoms in total. The zero-order chi connectivity index (χ0) is 15.9. The maximum Gasteiger partial charge on any atom is 0.243 e. The molecule has 0 radical (unpaired) electrons. The number of carbonyl (C=O) groups is 1. The number of rotatable bonds is 6. The number of carbonyl (C=O) groups excluding carboxylic acids is 1. The number of amides is 1. The molecule has 0 aromatic heterocycles. The Morgan fingerprint density at radius 3 is 2.73 bits per heavy atom. The van der Waals surface area contributed by atoms with Gasteiger partial charge in [0, 0.05) is 0 Å². The van der Waals surface area contributed by atoms with Gasteiger partial charge in [-0.05, 0) is 29.8 Å². The van der Waals surface area contributed by atoms with Gasteiger partial charge >= 0.3 is 0 Å².